The second kappa shape index (κ2) is 6.25. The smallest absolute Gasteiger partial charge is 0.334 e. The summed E-state index contributed by atoms with van der Waals surface area (Å²) >= 11 is 0. The van der Waals surface area contributed by atoms with Gasteiger partial charge in [0.1, 0.15) is 0 Å². The zero-order chi connectivity index (χ0) is 15.3. The van der Waals surface area contributed by atoms with E-state index in [0.29, 0.717) is 11.3 Å². The van der Waals surface area contributed by atoms with Crippen molar-refractivity contribution in [2.75, 3.05) is 5.32 Å². The van der Waals surface area contributed by atoms with Gasteiger partial charge in [0.05, 0.1) is 5.56 Å². The van der Waals surface area contributed by atoms with Gasteiger partial charge in [-0.3, -0.25) is 4.98 Å². The van der Waals surface area contributed by atoms with Gasteiger partial charge < -0.3 is 10.6 Å². The first-order valence-corrected chi connectivity index (χ1v) is 6.06. The van der Waals surface area contributed by atoms with Gasteiger partial charge >= 0.3 is 12.2 Å². The van der Waals surface area contributed by atoms with E-state index in [0.717, 1.165) is 12.1 Å². The summed E-state index contributed by atoms with van der Waals surface area (Å²) in [7, 11) is 0. The minimum atomic E-state index is -4.39. The van der Waals surface area contributed by atoms with Crippen molar-refractivity contribution in [3.05, 3.63) is 59.9 Å². The van der Waals surface area contributed by atoms with Crippen LogP contribution < -0.4 is 10.6 Å². The third-order valence-electron chi connectivity index (χ3n) is 2.65. The van der Waals surface area contributed by atoms with Gasteiger partial charge in [0.25, 0.3) is 0 Å². The van der Waals surface area contributed by atoms with Crippen molar-refractivity contribution in [2.45, 2.75) is 12.7 Å². The minimum Gasteiger partial charge on any atom is -0.334 e. The molecule has 2 aromatic rings. The monoisotopic (exact) mass is 295 g/mol. The quantitative estimate of drug-likeness (QED) is 0.911. The van der Waals surface area contributed by atoms with E-state index < -0.39 is 17.8 Å². The number of nitrogens with zero attached hydrogens (tertiary/aromatic N) is 1. The van der Waals surface area contributed by atoms with Crippen LogP contribution in [0.5, 0.6) is 0 Å². The molecule has 0 atom stereocenters. The number of carbonyl (C=O) groups is 1. The van der Waals surface area contributed by atoms with Crippen molar-refractivity contribution in [3.8, 4) is 0 Å². The van der Waals surface area contributed by atoms with Crippen LogP contribution in [-0.2, 0) is 12.7 Å². The number of urea groups is 1. The molecule has 1 aromatic heterocycles. The van der Waals surface area contributed by atoms with Crippen LogP contribution in [0.15, 0.2) is 48.8 Å². The normalized spacial score (nSPS) is 11.0. The fourth-order valence-electron chi connectivity index (χ4n) is 1.65. The Kier molecular flexibility index (Phi) is 4.42. The molecule has 0 saturated carbocycles. The molecule has 0 aliphatic rings. The molecule has 1 heterocycles. The van der Waals surface area contributed by atoms with Gasteiger partial charge in [-0.2, -0.15) is 13.2 Å². The van der Waals surface area contributed by atoms with Crippen molar-refractivity contribution < 1.29 is 18.0 Å². The van der Waals surface area contributed by atoms with E-state index in [2.05, 4.69) is 15.6 Å². The Bertz CT molecular complexity index is 614. The van der Waals surface area contributed by atoms with E-state index in [9.17, 15) is 18.0 Å². The fraction of sp³-hybridized carbons (Fsp3) is 0.143. The predicted octanol–water partition coefficient (Wildman–Crippen LogP) is 3.42. The number of hydrogen-bond donors (Lipinski definition) is 2. The Morgan fingerprint density at radius 2 is 1.86 bits per heavy atom. The number of anilines is 1. The number of benzene rings is 1. The first-order chi connectivity index (χ1) is 9.95. The summed E-state index contributed by atoms with van der Waals surface area (Å²) in [6.07, 6.45) is -1.36. The summed E-state index contributed by atoms with van der Waals surface area (Å²) in [6.45, 7) is 0.000830. The molecule has 0 aliphatic heterocycles. The van der Waals surface area contributed by atoms with Crippen LogP contribution in [0.1, 0.15) is 11.1 Å². The molecule has 0 saturated heterocycles. The van der Waals surface area contributed by atoms with Gasteiger partial charge in [-0.25, -0.2) is 4.79 Å². The van der Waals surface area contributed by atoms with Crippen LogP contribution in [0, 0.1) is 0 Å². The van der Waals surface area contributed by atoms with Crippen molar-refractivity contribution in [2.24, 2.45) is 0 Å². The molecule has 0 radical (unpaired) electrons. The second-order valence-corrected chi connectivity index (χ2v) is 4.24. The largest absolute Gasteiger partial charge is 0.416 e. The van der Waals surface area contributed by atoms with Crippen LogP contribution >= 0.6 is 0 Å². The van der Waals surface area contributed by atoms with Crippen LogP contribution in [0.25, 0.3) is 0 Å². The van der Waals surface area contributed by atoms with E-state index in [1.54, 1.807) is 12.1 Å². The summed E-state index contributed by atoms with van der Waals surface area (Å²) in [5.41, 5.74) is 0.178. The van der Waals surface area contributed by atoms with Gasteiger partial charge in [0.15, 0.2) is 0 Å². The third kappa shape index (κ3) is 4.48. The van der Waals surface area contributed by atoms with Gasteiger partial charge in [0.2, 0.25) is 0 Å². The molecule has 21 heavy (non-hydrogen) atoms. The third-order valence-corrected chi connectivity index (χ3v) is 2.65. The molecule has 2 N–H and O–H groups in total. The summed E-state index contributed by atoms with van der Waals surface area (Å²) in [5, 5.41) is 5.03. The van der Waals surface area contributed by atoms with E-state index in [1.165, 1.54) is 24.5 Å². The molecule has 2 rings (SSSR count). The molecular weight excluding hydrogens is 283 g/mol. The number of carbonyl (C=O) groups excluding carboxylic acids is 1. The van der Waals surface area contributed by atoms with Gasteiger partial charge in [-0.15, -0.1) is 0 Å². The van der Waals surface area contributed by atoms with Gasteiger partial charge in [-0.1, -0.05) is 12.1 Å². The predicted molar refractivity (Wildman–Crippen MR) is 71.5 cm³/mol. The van der Waals surface area contributed by atoms with Gasteiger partial charge in [-0.05, 0) is 29.8 Å². The molecule has 0 aliphatic carbocycles. The number of aromatic nitrogens is 1. The number of nitrogens with one attached hydrogen (secondary N) is 2. The number of pyridine rings is 1. The molecule has 0 bridgehead atoms. The number of halogens is 3. The molecule has 0 spiro atoms. The van der Waals surface area contributed by atoms with Crippen LogP contribution in [0.4, 0.5) is 23.7 Å². The second-order valence-electron chi connectivity index (χ2n) is 4.24. The highest BCUT2D eigenvalue weighted by Crippen LogP contribution is 2.29. The van der Waals surface area contributed by atoms with Gasteiger partial charge in [0, 0.05) is 24.6 Å². The zero-order valence-electron chi connectivity index (χ0n) is 10.8. The minimum absolute atomic E-state index is 0.000830. The molecule has 0 fully saturated rings. The molecule has 2 amide bonds. The van der Waals surface area contributed by atoms with E-state index in [-0.39, 0.29) is 6.54 Å². The van der Waals surface area contributed by atoms with Crippen molar-refractivity contribution >= 4 is 11.7 Å². The Hall–Kier alpha value is -2.57. The lowest BCUT2D eigenvalue weighted by atomic mass is 10.1. The SMILES string of the molecule is O=C(NCc1cccc(C(F)(F)F)c1)Nc1ccncc1. The molecule has 4 nitrogen and oxygen atoms in total. The van der Waals surface area contributed by atoms with Crippen molar-refractivity contribution in [1.82, 2.24) is 10.3 Å². The summed E-state index contributed by atoms with van der Waals surface area (Å²) in [4.78, 5) is 15.4. The highest BCUT2D eigenvalue weighted by molar-refractivity contribution is 5.88. The average Bonchev–Trinajstić information content (AvgIpc) is 2.46. The molecule has 0 unspecified atom stereocenters. The van der Waals surface area contributed by atoms with E-state index in [4.69, 9.17) is 0 Å². The maximum absolute atomic E-state index is 12.5. The first-order valence-electron chi connectivity index (χ1n) is 6.06. The van der Waals surface area contributed by atoms with Crippen LogP contribution in [0.3, 0.4) is 0 Å². The van der Waals surface area contributed by atoms with Crippen LogP contribution in [0.2, 0.25) is 0 Å². The van der Waals surface area contributed by atoms with Crippen molar-refractivity contribution in [3.63, 3.8) is 0 Å². The number of alkyl halides is 3. The lowest BCUT2D eigenvalue weighted by molar-refractivity contribution is -0.137. The Morgan fingerprint density at radius 3 is 2.52 bits per heavy atom. The maximum atomic E-state index is 12.5. The number of hydrogen-bond acceptors (Lipinski definition) is 2. The summed E-state index contributed by atoms with van der Waals surface area (Å²) < 4.78 is 37.6. The summed E-state index contributed by atoms with van der Waals surface area (Å²) in [6, 6.07) is 7.52. The topological polar surface area (TPSA) is 54.0 Å². The Balaban J connectivity index is 1.92. The molecule has 7 heteroatoms. The Labute approximate surface area is 119 Å². The van der Waals surface area contributed by atoms with E-state index in [1.807, 2.05) is 0 Å². The highest BCUT2D eigenvalue weighted by atomic mass is 19.4. The maximum Gasteiger partial charge on any atom is 0.416 e. The highest BCUT2D eigenvalue weighted by Gasteiger charge is 2.30. The molecular formula is C14H12F3N3O. The lowest BCUT2D eigenvalue weighted by Crippen LogP contribution is -2.28. The number of rotatable bonds is 3. The average molecular weight is 295 g/mol. The Morgan fingerprint density at radius 1 is 1.14 bits per heavy atom. The lowest BCUT2D eigenvalue weighted by Gasteiger charge is -2.10. The summed E-state index contributed by atoms with van der Waals surface area (Å²) in [5.74, 6) is 0. The van der Waals surface area contributed by atoms with Crippen LogP contribution in [-0.4, -0.2) is 11.0 Å². The standard InChI is InChI=1S/C14H12F3N3O/c15-14(16,17)11-3-1-2-10(8-11)9-19-13(21)20-12-4-6-18-7-5-12/h1-8H,9H2,(H2,18,19,20,21). The fourth-order valence-corrected chi connectivity index (χ4v) is 1.65. The first kappa shape index (κ1) is 14.8. The van der Waals surface area contributed by atoms with Crippen molar-refractivity contribution in [1.29, 1.82) is 0 Å². The molecule has 110 valence electrons. The molecule has 1 aromatic carbocycles. The van der Waals surface area contributed by atoms with E-state index >= 15 is 0 Å². The number of amides is 2. The zero-order valence-corrected chi connectivity index (χ0v) is 10.8.